The van der Waals surface area contributed by atoms with Crippen molar-refractivity contribution in [3.8, 4) is 0 Å². The smallest absolute Gasteiger partial charge is 0.237 e. The van der Waals surface area contributed by atoms with E-state index in [0.717, 1.165) is 43.4 Å². The lowest BCUT2D eigenvalue weighted by atomic mass is 10.1. The molecule has 5 nitrogen and oxygen atoms in total. The van der Waals surface area contributed by atoms with Gasteiger partial charge in [-0.3, -0.25) is 15.1 Å². The van der Waals surface area contributed by atoms with Crippen LogP contribution in [0.1, 0.15) is 6.92 Å². The van der Waals surface area contributed by atoms with Crippen LogP contribution in [0.15, 0.2) is 24.3 Å². The average Bonchev–Trinajstić information content (AvgIpc) is 2.47. The molecule has 2 rings (SSSR count). The lowest BCUT2D eigenvalue weighted by Crippen LogP contribution is -2.49. The Morgan fingerprint density at radius 1 is 1.40 bits per heavy atom. The Morgan fingerprint density at radius 2 is 2.10 bits per heavy atom. The number of benzene rings is 1. The minimum atomic E-state index is -0.109. The number of anilines is 1. The number of halogens is 1. The molecule has 1 amide bonds. The van der Waals surface area contributed by atoms with Crippen LogP contribution in [0.4, 0.5) is 5.69 Å². The Kier molecular flexibility index (Phi) is 5.23. The number of carbonyl (C=O) groups is 1. The van der Waals surface area contributed by atoms with Gasteiger partial charge in [0.2, 0.25) is 5.91 Å². The van der Waals surface area contributed by atoms with Crippen LogP contribution in [0.3, 0.4) is 0 Å². The van der Waals surface area contributed by atoms with Gasteiger partial charge < -0.3 is 4.90 Å². The minimum absolute atomic E-state index is 0.0854. The quantitative estimate of drug-likeness (QED) is 0.496. The molecular weight excluding hydrogens is 276 g/mol. The minimum Gasteiger partial charge on any atom is -0.369 e. The second kappa shape index (κ2) is 6.92. The number of carbonyl (C=O) groups excluding carboxylic acids is 1. The molecular formula is C14H21ClN4O. The number of amides is 1. The lowest BCUT2D eigenvalue weighted by Gasteiger charge is -2.37. The van der Waals surface area contributed by atoms with Crippen molar-refractivity contribution in [1.82, 2.24) is 10.3 Å². The van der Waals surface area contributed by atoms with E-state index in [1.54, 1.807) is 0 Å². The van der Waals surface area contributed by atoms with Crippen molar-refractivity contribution in [2.75, 3.05) is 37.6 Å². The Bertz CT molecular complexity index is 460. The van der Waals surface area contributed by atoms with Crippen LogP contribution in [0.25, 0.3) is 0 Å². The second-order valence-corrected chi connectivity index (χ2v) is 5.61. The van der Waals surface area contributed by atoms with Crippen molar-refractivity contribution in [2.45, 2.75) is 6.92 Å². The standard InChI is InChI=1S/C14H21ClN4O/c1-11(14(20)17-16)10-18-5-7-19(8-6-18)13-4-2-3-12(15)9-13/h2-4,9,11H,5-8,10,16H2,1H3,(H,17,20). The highest BCUT2D eigenvalue weighted by atomic mass is 35.5. The first kappa shape index (κ1) is 15.1. The SMILES string of the molecule is CC(CN1CCN(c2cccc(Cl)c2)CC1)C(=O)NN. The van der Waals surface area contributed by atoms with Gasteiger partial charge in [0.25, 0.3) is 0 Å². The van der Waals surface area contributed by atoms with Crippen LogP contribution in [0.2, 0.25) is 5.02 Å². The molecule has 0 spiro atoms. The fourth-order valence-electron chi connectivity index (χ4n) is 2.47. The summed E-state index contributed by atoms with van der Waals surface area (Å²) in [6.45, 7) is 6.40. The predicted molar refractivity (Wildman–Crippen MR) is 81.6 cm³/mol. The maximum atomic E-state index is 11.4. The maximum Gasteiger partial charge on any atom is 0.237 e. The van der Waals surface area contributed by atoms with E-state index in [4.69, 9.17) is 17.4 Å². The predicted octanol–water partition coefficient (Wildman–Crippen LogP) is 1.09. The Morgan fingerprint density at radius 3 is 2.70 bits per heavy atom. The third-order valence-corrected chi connectivity index (χ3v) is 3.90. The summed E-state index contributed by atoms with van der Waals surface area (Å²) < 4.78 is 0. The van der Waals surface area contributed by atoms with Gasteiger partial charge in [0.15, 0.2) is 0 Å². The molecule has 110 valence electrons. The van der Waals surface area contributed by atoms with Gasteiger partial charge in [0.05, 0.1) is 0 Å². The zero-order valence-corrected chi connectivity index (χ0v) is 12.4. The monoisotopic (exact) mass is 296 g/mol. The van der Waals surface area contributed by atoms with Gasteiger partial charge in [-0.05, 0) is 18.2 Å². The van der Waals surface area contributed by atoms with E-state index in [2.05, 4.69) is 21.3 Å². The van der Waals surface area contributed by atoms with E-state index < -0.39 is 0 Å². The zero-order valence-electron chi connectivity index (χ0n) is 11.7. The van der Waals surface area contributed by atoms with E-state index >= 15 is 0 Å². The molecule has 0 bridgehead atoms. The summed E-state index contributed by atoms with van der Waals surface area (Å²) >= 11 is 6.02. The molecule has 1 atom stereocenters. The summed E-state index contributed by atoms with van der Waals surface area (Å²) in [5, 5.41) is 0.762. The summed E-state index contributed by atoms with van der Waals surface area (Å²) in [6, 6.07) is 7.92. The summed E-state index contributed by atoms with van der Waals surface area (Å²) in [7, 11) is 0. The third-order valence-electron chi connectivity index (χ3n) is 3.67. The van der Waals surface area contributed by atoms with Crippen LogP contribution < -0.4 is 16.2 Å². The van der Waals surface area contributed by atoms with Crippen molar-refractivity contribution in [1.29, 1.82) is 0 Å². The Hall–Kier alpha value is -1.30. The number of hydrogen-bond donors (Lipinski definition) is 2. The zero-order chi connectivity index (χ0) is 14.5. The number of nitrogens with zero attached hydrogens (tertiary/aromatic N) is 2. The highest BCUT2D eigenvalue weighted by Crippen LogP contribution is 2.20. The van der Waals surface area contributed by atoms with Crippen LogP contribution in [-0.4, -0.2) is 43.5 Å². The molecule has 0 aromatic heterocycles. The number of hydrazine groups is 1. The fraction of sp³-hybridized carbons (Fsp3) is 0.500. The molecule has 0 saturated carbocycles. The summed E-state index contributed by atoms with van der Waals surface area (Å²) in [5.41, 5.74) is 3.36. The Balaban J connectivity index is 1.85. The van der Waals surface area contributed by atoms with Crippen molar-refractivity contribution in [3.63, 3.8) is 0 Å². The van der Waals surface area contributed by atoms with Gasteiger partial charge in [0.1, 0.15) is 0 Å². The molecule has 20 heavy (non-hydrogen) atoms. The molecule has 0 radical (unpaired) electrons. The summed E-state index contributed by atoms with van der Waals surface area (Å²) in [4.78, 5) is 16.0. The number of piperazine rings is 1. The number of rotatable bonds is 4. The third kappa shape index (κ3) is 3.85. The first-order valence-electron chi connectivity index (χ1n) is 6.83. The molecule has 3 N–H and O–H groups in total. The van der Waals surface area contributed by atoms with Gasteiger partial charge in [-0.15, -0.1) is 0 Å². The van der Waals surface area contributed by atoms with Crippen molar-refractivity contribution < 1.29 is 4.79 Å². The van der Waals surface area contributed by atoms with Crippen LogP contribution in [-0.2, 0) is 4.79 Å². The molecule has 1 aliphatic rings. The topological polar surface area (TPSA) is 61.6 Å². The maximum absolute atomic E-state index is 11.4. The van der Waals surface area contributed by atoms with Crippen LogP contribution >= 0.6 is 11.6 Å². The van der Waals surface area contributed by atoms with Crippen molar-refractivity contribution in [2.24, 2.45) is 11.8 Å². The highest BCUT2D eigenvalue weighted by Gasteiger charge is 2.21. The lowest BCUT2D eigenvalue weighted by molar-refractivity contribution is -0.125. The number of nitrogens with two attached hydrogens (primary N) is 1. The molecule has 1 aromatic carbocycles. The van der Waals surface area contributed by atoms with Crippen molar-refractivity contribution in [3.05, 3.63) is 29.3 Å². The molecule has 1 unspecified atom stereocenters. The van der Waals surface area contributed by atoms with Gasteiger partial charge in [-0.2, -0.15) is 0 Å². The number of nitrogens with one attached hydrogen (secondary N) is 1. The van der Waals surface area contributed by atoms with Crippen LogP contribution in [0, 0.1) is 5.92 Å². The van der Waals surface area contributed by atoms with Gasteiger partial charge in [-0.25, -0.2) is 5.84 Å². The molecule has 0 aliphatic carbocycles. The largest absolute Gasteiger partial charge is 0.369 e. The molecule has 1 aromatic rings. The normalized spacial score (nSPS) is 17.9. The van der Waals surface area contributed by atoms with E-state index in [9.17, 15) is 4.79 Å². The van der Waals surface area contributed by atoms with Gasteiger partial charge in [-0.1, -0.05) is 24.6 Å². The van der Waals surface area contributed by atoms with E-state index in [1.165, 1.54) is 0 Å². The summed E-state index contributed by atoms with van der Waals surface area (Å²) in [5.74, 6) is 4.96. The summed E-state index contributed by atoms with van der Waals surface area (Å²) in [6.07, 6.45) is 0. The second-order valence-electron chi connectivity index (χ2n) is 5.18. The first-order valence-corrected chi connectivity index (χ1v) is 7.21. The van der Waals surface area contributed by atoms with Crippen LogP contribution in [0.5, 0.6) is 0 Å². The van der Waals surface area contributed by atoms with Gasteiger partial charge in [0, 0.05) is 49.4 Å². The molecule has 1 saturated heterocycles. The van der Waals surface area contributed by atoms with E-state index in [1.807, 2.05) is 25.1 Å². The average molecular weight is 297 g/mol. The van der Waals surface area contributed by atoms with Gasteiger partial charge >= 0.3 is 0 Å². The molecule has 1 aliphatic heterocycles. The molecule has 1 fully saturated rings. The Labute approximate surface area is 124 Å². The van der Waals surface area contributed by atoms with E-state index in [-0.39, 0.29) is 11.8 Å². The highest BCUT2D eigenvalue weighted by molar-refractivity contribution is 6.30. The first-order chi connectivity index (χ1) is 9.60. The molecule has 1 heterocycles. The molecule has 6 heteroatoms. The van der Waals surface area contributed by atoms with Crippen molar-refractivity contribution >= 4 is 23.2 Å². The van der Waals surface area contributed by atoms with E-state index in [0.29, 0.717) is 0 Å². The fourth-order valence-corrected chi connectivity index (χ4v) is 2.66. The number of hydrogen-bond acceptors (Lipinski definition) is 4.